The number of hydrogen-bond donors (Lipinski definition) is 2. The van der Waals surface area contributed by atoms with Crippen molar-refractivity contribution in [3.63, 3.8) is 0 Å². The van der Waals surface area contributed by atoms with E-state index >= 15 is 0 Å². The molecule has 0 saturated carbocycles. The van der Waals surface area contributed by atoms with Gasteiger partial charge in [-0.15, -0.1) is 0 Å². The summed E-state index contributed by atoms with van der Waals surface area (Å²) in [6, 6.07) is 7.82. The quantitative estimate of drug-likeness (QED) is 0.804. The summed E-state index contributed by atoms with van der Waals surface area (Å²) < 4.78 is 31.3. The molecule has 23 heavy (non-hydrogen) atoms. The van der Waals surface area contributed by atoms with Crippen LogP contribution in [0.4, 0.5) is 19.3 Å². The van der Waals surface area contributed by atoms with Gasteiger partial charge in [-0.3, -0.25) is 0 Å². The number of nitrogens with one attached hydrogen (secondary N) is 2. The Hall–Kier alpha value is -2.34. The van der Waals surface area contributed by atoms with Gasteiger partial charge in [0.25, 0.3) is 0 Å². The maximum Gasteiger partial charge on any atom is 0.319 e. The highest BCUT2D eigenvalue weighted by Gasteiger charge is 2.06. The Kier molecular flexibility index (Phi) is 5.76. The lowest BCUT2D eigenvalue weighted by Gasteiger charge is -2.11. The van der Waals surface area contributed by atoms with Crippen molar-refractivity contribution in [3.05, 3.63) is 58.6 Å². The van der Waals surface area contributed by atoms with Crippen molar-refractivity contribution in [3.8, 4) is 5.75 Å². The maximum atomic E-state index is 13.0. The van der Waals surface area contributed by atoms with E-state index in [4.69, 9.17) is 16.3 Å². The molecule has 2 amide bonds. The van der Waals surface area contributed by atoms with Gasteiger partial charge in [0.1, 0.15) is 12.4 Å². The van der Waals surface area contributed by atoms with E-state index < -0.39 is 17.7 Å². The monoisotopic (exact) mass is 340 g/mol. The van der Waals surface area contributed by atoms with Crippen LogP contribution >= 0.6 is 11.6 Å². The van der Waals surface area contributed by atoms with E-state index in [2.05, 4.69) is 10.6 Å². The molecule has 0 aromatic heterocycles. The second-order valence-electron chi connectivity index (χ2n) is 4.77. The van der Waals surface area contributed by atoms with Crippen LogP contribution in [0.15, 0.2) is 36.4 Å². The molecule has 0 saturated heterocycles. The number of urea groups is 1. The molecule has 2 aromatic rings. The van der Waals surface area contributed by atoms with Gasteiger partial charge < -0.3 is 15.4 Å². The summed E-state index contributed by atoms with van der Waals surface area (Å²) in [7, 11) is 0. The second kappa shape index (κ2) is 7.78. The Balaban J connectivity index is 1.75. The first-order valence-corrected chi connectivity index (χ1v) is 7.22. The van der Waals surface area contributed by atoms with E-state index in [9.17, 15) is 13.6 Å². The Morgan fingerprint density at radius 3 is 2.65 bits per heavy atom. The number of benzene rings is 2. The third kappa shape index (κ3) is 5.10. The van der Waals surface area contributed by atoms with Crippen molar-refractivity contribution in [2.24, 2.45) is 0 Å². The fourth-order valence-corrected chi connectivity index (χ4v) is 2.08. The smallest absolute Gasteiger partial charge is 0.319 e. The van der Waals surface area contributed by atoms with Crippen LogP contribution in [0.5, 0.6) is 5.75 Å². The van der Waals surface area contributed by atoms with Gasteiger partial charge in [0.15, 0.2) is 11.6 Å². The van der Waals surface area contributed by atoms with E-state index in [0.717, 1.165) is 17.7 Å². The number of amides is 2. The molecule has 0 heterocycles. The van der Waals surface area contributed by atoms with Gasteiger partial charge in [-0.05, 0) is 42.8 Å². The van der Waals surface area contributed by atoms with Crippen molar-refractivity contribution in [1.29, 1.82) is 0 Å². The number of rotatable bonds is 5. The predicted molar refractivity (Wildman–Crippen MR) is 85.1 cm³/mol. The standard InChI is InChI=1S/C16H15ClF2N2O2/c1-10-8-11(17)2-5-15(10)23-7-6-20-16(22)21-12-3-4-13(18)14(19)9-12/h2-5,8-9H,6-7H2,1H3,(H2,20,21,22). The maximum absolute atomic E-state index is 13.0. The molecule has 0 aliphatic heterocycles. The molecule has 4 nitrogen and oxygen atoms in total. The number of anilines is 1. The highest BCUT2D eigenvalue weighted by molar-refractivity contribution is 6.30. The molecule has 0 aliphatic rings. The van der Waals surface area contributed by atoms with Crippen molar-refractivity contribution < 1.29 is 18.3 Å². The second-order valence-corrected chi connectivity index (χ2v) is 5.20. The largest absolute Gasteiger partial charge is 0.491 e. The molecule has 2 aromatic carbocycles. The summed E-state index contributed by atoms with van der Waals surface area (Å²) in [4.78, 5) is 11.6. The summed E-state index contributed by atoms with van der Waals surface area (Å²) in [6.45, 7) is 2.37. The van der Waals surface area contributed by atoms with Gasteiger partial charge in [-0.25, -0.2) is 13.6 Å². The summed E-state index contributed by atoms with van der Waals surface area (Å²) in [5, 5.41) is 5.57. The summed E-state index contributed by atoms with van der Waals surface area (Å²) in [5.41, 5.74) is 1.06. The van der Waals surface area contributed by atoms with Crippen LogP contribution in [-0.2, 0) is 0 Å². The first-order valence-electron chi connectivity index (χ1n) is 6.84. The third-order valence-corrected chi connectivity index (χ3v) is 3.19. The minimum atomic E-state index is -1.02. The highest BCUT2D eigenvalue weighted by atomic mass is 35.5. The van der Waals surface area contributed by atoms with Gasteiger partial charge in [-0.2, -0.15) is 0 Å². The molecule has 2 rings (SSSR count). The lowest BCUT2D eigenvalue weighted by atomic mass is 10.2. The Labute approximate surface area is 137 Å². The Morgan fingerprint density at radius 1 is 1.17 bits per heavy atom. The summed E-state index contributed by atoms with van der Waals surface area (Å²) >= 11 is 5.85. The van der Waals surface area contributed by atoms with Gasteiger partial charge in [0, 0.05) is 16.8 Å². The Morgan fingerprint density at radius 2 is 1.96 bits per heavy atom. The van der Waals surface area contributed by atoms with Crippen LogP contribution in [0.25, 0.3) is 0 Å². The van der Waals surface area contributed by atoms with Crippen LogP contribution in [-0.4, -0.2) is 19.2 Å². The average Bonchev–Trinajstić information content (AvgIpc) is 2.49. The lowest BCUT2D eigenvalue weighted by molar-refractivity contribution is 0.247. The van der Waals surface area contributed by atoms with Crippen molar-refractivity contribution in [2.45, 2.75) is 6.92 Å². The molecule has 7 heteroatoms. The zero-order valence-corrected chi connectivity index (χ0v) is 13.1. The number of hydrogen-bond acceptors (Lipinski definition) is 2. The predicted octanol–water partition coefficient (Wildman–Crippen LogP) is 4.13. The average molecular weight is 341 g/mol. The molecule has 0 aliphatic carbocycles. The van der Waals surface area contributed by atoms with E-state index in [1.807, 2.05) is 6.92 Å². The molecular weight excluding hydrogens is 326 g/mol. The zero-order chi connectivity index (χ0) is 16.8. The fraction of sp³-hybridized carbons (Fsp3) is 0.188. The fourth-order valence-electron chi connectivity index (χ4n) is 1.85. The number of carbonyl (C=O) groups is 1. The molecule has 0 bridgehead atoms. The number of aryl methyl sites for hydroxylation is 1. The first-order chi connectivity index (χ1) is 11.0. The topological polar surface area (TPSA) is 50.4 Å². The Bertz CT molecular complexity index is 710. The van der Waals surface area contributed by atoms with E-state index in [1.165, 1.54) is 6.07 Å². The molecule has 0 fully saturated rings. The van der Waals surface area contributed by atoms with Crippen LogP contribution in [0, 0.1) is 18.6 Å². The van der Waals surface area contributed by atoms with Crippen molar-refractivity contribution >= 4 is 23.3 Å². The van der Waals surface area contributed by atoms with Crippen molar-refractivity contribution in [2.75, 3.05) is 18.5 Å². The number of carbonyl (C=O) groups excluding carboxylic acids is 1. The van der Waals surface area contributed by atoms with Gasteiger partial charge >= 0.3 is 6.03 Å². The lowest BCUT2D eigenvalue weighted by Crippen LogP contribution is -2.32. The number of halogens is 3. The molecule has 2 N–H and O–H groups in total. The summed E-state index contributed by atoms with van der Waals surface area (Å²) in [5.74, 6) is -1.32. The number of ether oxygens (including phenoxy) is 1. The minimum Gasteiger partial charge on any atom is -0.491 e. The van der Waals surface area contributed by atoms with Gasteiger partial charge in [0.05, 0.1) is 6.54 Å². The normalized spacial score (nSPS) is 10.3. The third-order valence-electron chi connectivity index (χ3n) is 2.96. The van der Waals surface area contributed by atoms with E-state index in [0.29, 0.717) is 10.8 Å². The van der Waals surface area contributed by atoms with Crippen LogP contribution in [0.2, 0.25) is 5.02 Å². The summed E-state index contributed by atoms with van der Waals surface area (Å²) in [6.07, 6.45) is 0. The molecule has 0 unspecified atom stereocenters. The van der Waals surface area contributed by atoms with Gasteiger partial charge in [0.2, 0.25) is 0 Å². The minimum absolute atomic E-state index is 0.163. The van der Waals surface area contributed by atoms with E-state index in [1.54, 1.807) is 18.2 Å². The van der Waals surface area contributed by atoms with Crippen LogP contribution in [0.3, 0.4) is 0 Å². The molecule has 0 radical (unpaired) electrons. The molecule has 0 spiro atoms. The zero-order valence-electron chi connectivity index (χ0n) is 12.3. The van der Waals surface area contributed by atoms with E-state index in [-0.39, 0.29) is 18.8 Å². The first kappa shape index (κ1) is 17.0. The molecule has 122 valence electrons. The van der Waals surface area contributed by atoms with Crippen LogP contribution < -0.4 is 15.4 Å². The van der Waals surface area contributed by atoms with Crippen LogP contribution in [0.1, 0.15) is 5.56 Å². The SMILES string of the molecule is Cc1cc(Cl)ccc1OCCNC(=O)Nc1ccc(F)c(F)c1. The van der Waals surface area contributed by atoms with Crippen molar-refractivity contribution in [1.82, 2.24) is 5.32 Å². The molecule has 0 atom stereocenters. The molecular formula is C16H15ClF2N2O2. The van der Waals surface area contributed by atoms with Gasteiger partial charge in [-0.1, -0.05) is 11.6 Å². The highest BCUT2D eigenvalue weighted by Crippen LogP contribution is 2.21.